The van der Waals surface area contributed by atoms with Crippen molar-refractivity contribution in [1.82, 2.24) is 5.32 Å². The van der Waals surface area contributed by atoms with Crippen molar-refractivity contribution >= 4 is 21.7 Å². The van der Waals surface area contributed by atoms with Gasteiger partial charge in [0.15, 0.2) is 9.84 Å². The fraction of sp³-hybridized carbons (Fsp3) is 0.263. The number of carbonyl (C=O) groups is 2. The SMILES string of the molecule is CC(CCC(=O)O)NC(=O)c1cccc(S(=O)(=O)Cc2ccccc2)c1. The average Bonchev–Trinajstić information content (AvgIpc) is 2.60. The first-order chi connectivity index (χ1) is 12.3. The van der Waals surface area contributed by atoms with E-state index in [0.29, 0.717) is 12.0 Å². The van der Waals surface area contributed by atoms with Crippen molar-refractivity contribution in [2.45, 2.75) is 36.5 Å². The van der Waals surface area contributed by atoms with Crippen LogP contribution in [0.5, 0.6) is 0 Å². The van der Waals surface area contributed by atoms with Crippen molar-refractivity contribution in [3.63, 3.8) is 0 Å². The van der Waals surface area contributed by atoms with E-state index in [1.807, 2.05) is 6.07 Å². The van der Waals surface area contributed by atoms with E-state index in [1.54, 1.807) is 31.2 Å². The van der Waals surface area contributed by atoms with E-state index < -0.39 is 21.7 Å². The lowest BCUT2D eigenvalue weighted by Gasteiger charge is -2.13. The Morgan fingerprint density at radius 2 is 1.77 bits per heavy atom. The van der Waals surface area contributed by atoms with Gasteiger partial charge < -0.3 is 10.4 Å². The molecular formula is C19H21NO5S. The predicted molar refractivity (Wildman–Crippen MR) is 97.6 cm³/mol. The van der Waals surface area contributed by atoms with Crippen LogP contribution in [0.15, 0.2) is 59.5 Å². The fourth-order valence-corrected chi connectivity index (χ4v) is 3.82. The molecule has 0 fully saturated rings. The van der Waals surface area contributed by atoms with Crippen molar-refractivity contribution in [1.29, 1.82) is 0 Å². The number of amides is 1. The molecule has 2 rings (SSSR count). The largest absolute Gasteiger partial charge is 0.481 e. The molecule has 2 aromatic rings. The predicted octanol–water partition coefficient (Wildman–Crippen LogP) is 2.64. The van der Waals surface area contributed by atoms with Crippen LogP contribution in [0.25, 0.3) is 0 Å². The van der Waals surface area contributed by atoms with Gasteiger partial charge in [0.1, 0.15) is 0 Å². The van der Waals surface area contributed by atoms with E-state index in [1.165, 1.54) is 24.3 Å². The Morgan fingerprint density at radius 1 is 1.08 bits per heavy atom. The monoisotopic (exact) mass is 375 g/mol. The topological polar surface area (TPSA) is 101 Å². The second kappa shape index (κ2) is 8.62. The van der Waals surface area contributed by atoms with Gasteiger partial charge in [0.2, 0.25) is 0 Å². The second-order valence-electron chi connectivity index (χ2n) is 6.08. The van der Waals surface area contributed by atoms with Gasteiger partial charge in [0.05, 0.1) is 10.6 Å². The van der Waals surface area contributed by atoms with Crippen LogP contribution in [0.3, 0.4) is 0 Å². The zero-order chi connectivity index (χ0) is 19.2. The third-order valence-corrected chi connectivity index (χ3v) is 5.51. The Bertz CT molecular complexity index is 878. The molecule has 0 aromatic heterocycles. The number of benzene rings is 2. The van der Waals surface area contributed by atoms with Gasteiger partial charge in [-0.1, -0.05) is 36.4 Å². The van der Waals surface area contributed by atoms with Crippen LogP contribution in [-0.4, -0.2) is 31.4 Å². The number of hydrogen-bond acceptors (Lipinski definition) is 4. The van der Waals surface area contributed by atoms with E-state index in [4.69, 9.17) is 5.11 Å². The lowest BCUT2D eigenvalue weighted by molar-refractivity contribution is -0.137. The van der Waals surface area contributed by atoms with Gasteiger partial charge >= 0.3 is 5.97 Å². The molecule has 2 N–H and O–H groups in total. The first-order valence-corrected chi connectivity index (χ1v) is 9.82. The Balaban J connectivity index is 2.11. The molecule has 138 valence electrons. The molecule has 7 heteroatoms. The molecule has 0 aliphatic heterocycles. The van der Waals surface area contributed by atoms with Crippen LogP contribution in [-0.2, 0) is 20.4 Å². The number of hydrogen-bond donors (Lipinski definition) is 2. The first kappa shape index (κ1) is 19.7. The minimum Gasteiger partial charge on any atom is -0.481 e. The van der Waals surface area contributed by atoms with Gasteiger partial charge in [-0.25, -0.2) is 8.42 Å². The summed E-state index contributed by atoms with van der Waals surface area (Å²) in [7, 11) is -3.58. The van der Waals surface area contributed by atoms with Crippen molar-refractivity contribution in [3.05, 3.63) is 65.7 Å². The standard InChI is InChI=1S/C19H21NO5S/c1-14(10-11-18(21)22)20-19(23)16-8-5-9-17(12-16)26(24,25)13-15-6-3-2-4-7-15/h2-9,12,14H,10-11,13H2,1H3,(H,20,23)(H,21,22). The molecule has 1 atom stereocenters. The molecule has 0 aliphatic rings. The number of rotatable bonds is 8. The Kier molecular flexibility index (Phi) is 6.52. The van der Waals surface area contributed by atoms with Crippen LogP contribution in [0.1, 0.15) is 35.7 Å². The molecular weight excluding hydrogens is 354 g/mol. The highest BCUT2D eigenvalue weighted by atomic mass is 32.2. The third-order valence-electron chi connectivity index (χ3n) is 3.82. The van der Waals surface area contributed by atoms with E-state index in [0.717, 1.165) is 0 Å². The number of carboxylic acid groups (broad SMARTS) is 1. The molecule has 0 saturated carbocycles. The molecule has 26 heavy (non-hydrogen) atoms. The Morgan fingerprint density at radius 3 is 2.42 bits per heavy atom. The molecule has 1 unspecified atom stereocenters. The van der Waals surface area contributed by atoms with Crippen molar-refractivity contribution in [2.24, 2.45) is 0 Å². The number of nitrogens with one attached hydrogen (secondary N) is 1. The number of carboxylic acids is 1. The number of sulfone groups is 1. The second-order valence-corrected chi connectivity index (χ2v) is 8.07. The average molecular weight is 375 g/mol. The maximum absolute atomic E-state index is 12.6. The summed E-state index contributed by atoms with van der Waals surface area (Å²) in [5, 5.41) is 11.4. The highest BCUT2D eigenvalue weighted by Crippen LogP contribution is 2.18. The van der Waals surface area contributed by atoms with E-state index >= 15 is 0 Å². The number of carbonyl (C=O) groups excluding carboxylic acids is 1. The zero-order valence-electron chi connectivity index (χ0n) is 14.4. The van der Waals surface area contributed by atoms with Crippen molar-refractivity contribution in [2.75, 3.05) is 0 Å². The summed E-state index contributed by atoms with van der Waals surface area (Å²) in [6.45, 7) is 1.71. The van der Waals surface area contributed by atoms with Gasteiger partial charge in [-0.2, -0.15) is 0 Å². The fourth-order valence-electron chi connectivity index (χ4n) is 2.43. The highest BCUT2D eigenvalue weighted by molar-refractivity contribution is 7.90. The van der Waals surface area contributed by atoms with Gasteiger partial charge in [0.25, 0.3) is 5.91 Å². The maximum Gasteiger partial charge on any atom is 0.303 e. The molecule has 0 radical (unpaired) electrons. The minimum absolute atomic E-state index is 0.0487. The van der Waals surface area contributed by atoms with Gasteiger partial charge in [-0.05, 0) is 37.1 Å². The van der Waals surface area contributed by atoms with Gasteiger partial charge in [0, 0.05) is 18.0 Å². The van der Waals surface area contributed by atoms with Crippen LogP contribution in [0, 0.1) is 0 Å². The zero-order valence-corrected chi connectivity index (χ0v) is 15.2. The van der Waals surface area contributed by atoms with Crippen LogP contribution in [0.4, 0.5) is 0 Å². The van der Waals surface area contributed by atoms with Crippen molar-refractivity contribution in [3.8, 4) is 0 Å². The molecule has 6 nitrogen and oxygen atoms in total. The quantitative estimate of drug-likeness (QED) is 0.739. The summed E-state index contributed by atoms with van der Waals surface area (Å²) < 4.78 is 25.2. The van der Waals surface area contributed by atoms with Crippen LogP contribution < -0.4 is 5.32 Å². The van der Waals surface area contributed by atoms with Crippen LogP contribution in [0.2, 0.25) is 0 Å². The molecule has 0 spiro atoms. The van der Waals surface area contributed by atoms with Gasteiger partial charge in [-0.3, -0.25) is 9.59 Å². The van der Waals surface area contributed by atoms with Crippen LogP contribution >= 0.6 is 0 Å². The Hall–Kier alpha value is -2.67. The first-order valence-electron chi connectivity index (χ1n) is 8.17. The normalized spacial score (nSPS) is 12.3. The number of aliphatic carboxylic acids is 1. The molecule has 0 bridgehead atoms. The summed E-state index contributed by atoms with van der Waals surface area (Å²) >= 11 is 0. The molecule has 2 aromatic carbocycles. The third kappa shape index (κ3) is 5.70. The summed E-state index contributed by atoms with van der Waals surface area (Å²) in [5.74, 6) is -1.51. The van der Waals surface area contributed by atoms with E-state index in [-0.39, 0.29) is 28.7 Å². The lowest BCUT2D eigenvalue weighted by atomic mass is 10.1. The summed E-state index contributed by atoms with van der Waals surface area (Å²) in [4.78, 5) is 22.9. The minimum atomic E-state index is -3.58. The Labute approximate surface area is 152 Å². The smallest absolute Gasteiger partial charge is 0.303 e. The lowest BCUT2D eigenvalue weighted by Crippen LogP contribution is -2.33. The molecule has 1 amide bonds. The molecule has 0 heterocycles. The van der Waals surface area contributed by atoms with E-state index in [9.17, 15) is 18.0 Å². The van der Waals surface area contributed by atoms with Crippen molar-refractivity contribution < 1.29 is 23.1 Å². The maximum atomic E-state index is 12.6. The summed E-state index contributed by atoms with van der Waals surface area (Å²) in [6.07, 6.45) is 0.250. The van der Waals surface area contributed by atoms with Gasteiger partial charge in [-0.15, -0.1) is 0 Å². The van der Waals surface area contributed by atoms with E-state index in [2.05, 4.69) is 5.32 Å². The highest BCUT2D eigenvalue weighted by Gasteiger charge is 2.18. The molecule has 0 saturated heterocycles. The summed E-state index contributed by atoms with van der Waals surface area (Å²) in [5.41, 5.74) is 0.894. The molecule has 0 aliphatic carbocycles. The summed E-state index contributed by atoms with van der Waals surface area (Å²) in [6, 6.07) is 14.3.